The zero-order valence-corrected chi connectivity index (χ0v) is 11.6. The van der Waals surface area contributed by atoms with E-state index in [0.717, 1.165) is 29.4 Å². The summed E-state index contributed by atoms with van der Waals surface area (Å²) in [5.41, 5.74) is 9.46. The van der Waals surface area contributed by atoms with E-state index in [1.807, 2.05) is 0 Å². The summed E-state index contributed by atoms with van der Waals surface area (Å²) in [6, 6.07) is 8.35. The van der Waals surface area contributed by atoms with Gasteiger partial charge in [-0.25, -0.2) is 4.98 Å². The van der Waals surface area contributed by atoms with Gasteiger partial charge < -0.3 is 10.3 Å². The second-order valence-corrected chi connectivity index (χ2v) is 4.97. The lowest BCUT2D eigenvalue weighted by Crippen LogP contribution is -2.06. The number of benzene rings is 1. The SMILES string of the molecule is CCn1c(C(C)C)nc(-c2ccc(C)cc2)c1N. The number of hydrogen-bond donors (Lipinski definition) is 1. The van der Waals surface area contributed by atoms with E-state index >= 15 is 0 Å². The van der Waals surface area contributed by atoms with Crippen LogP contribution in [0.4, 0.5) is 5.82 Å². The Kier molecular flexibility index (Phi) is 3.41. The first-order valence-corrected chi connectivity index (χ1v) is 6.47. The molecule has 0 aliphatic carbocycles. The van der Waals surface area contributed by atoms with E-state index in [1.54, 1.807) is 0 Å². The third kappa shape index (κ3) is 2.13. The van der Waals surface area contributed by atoms with Gasteiger partial charge in [-0.2, -0.15) is 0 Å². The molecule has 0 aliphatic rings. The maximum Gasteiger partial charge on any atom is 0.131 e. The predicted octanol–water partition coefficient (Wildman–Crippen LogP) is 3.58. The molecule has 0 saturated heterocycles. The van der Waals surface area contributed by atoms with Crippen molar-refractivity contribution < 1.29 is 0 Å². The molecule has 1 aromatic carbocycles. The number of nitrogens with zero attached hydrogens (tertiary/aromatic N) is 2. The normalized spacial score (nSPS) is 11.2. The molecule has 96 valence electrons. The van der Waals surface area contributed by atoms with Crippen molar-refractivity contribution in [1.82, 2.24) is 9.55 Å². The summed E-state index contributed by atoms with van der Waals surface area (Å²) in [5.74, 6) is 2.21. The molecule has 0 spiro atoms. The first kappa shape index (κ1) is 12.7. The van der Waals surface area contributed by atoms with Crippen LogP contribution < -0.4 is 5.73 Å². The van der Waals surface area contributed by atoms with Crippen molar-refractivity contribution in [2.24, 2.45) is 0 Å². The highest BCUT2D eigenvalue weighted by Crippen LogP contribution is 2.29. The van der Waals surface area contributed by atoms with Crippen molar-refractivity contribution in [2.75, 3.05) is 5.73 Å². The maximum atomic E-state index is 6.22. The van der Waals surface area contributed by atoms with Crippen LogP contribution in [0.2, 0.25) is 0 Å². The number of imidazole rings is 1. The largest absolute Gasteiger partial charge is 0.383 e. The van der Waals surface area contributed by atoms with Gasteiger partial charge in [-0.3, -0.25) is 0 Å². The van der Waals surface area contributed by atoms with Crippen molar-refractivity contribution in [3.63, 3.8) is 0 Å². The van der Waals surface area contributed by atoms with Crippen LogP contribution in [-0.2, 0) is 6.54 Å². The maximum absolute atomic E-state index is 6.22. The van der Waals surface area contributed by atoms with E-state index in [2.05, 4.69) is 56.5 Å². The summed E-state index contributed by atoms with van der Waals surface area (Å²) in [6.07, 6.45) is 0. The fourth-order valence-electron chi connectivity index (χ4n) is 2.18. The van der Waals surface area contributed by atoms with Crippen LogP contribution in [0.1, 0.15) is 38.1 Å². The third-order valence-corrected chi connectivity index (χ3v) is 3.19. The summed E-state index contributed by atoms with van der Waals surface area (Å²) in [6.45, 7) is 9.33. The Morgan fingerprint density at radius 2 is 1.83 bits per heavy atom. The Morgan fingerprint density at radius 3 is 2.28 bits per heavy atom. The molecule has 0 saturated carbocycles. The second kappa shape index (κ2) is 4.84. The molecule has 18 heavy (non-hydrogen) atoms. The van der Waals surface area contributed by atoms with Crippen LogP contribution >= 0.6 is 0 Å². The zero-order valence-electron chi connectivity index (χ0n) is 11.6. The average Bonchev–Trinajstić information content (AvgIpc) is 2.67. The molecule has 1 aromatic heterocycles. The number of aryl methyl sites for hydroxylation is 1. The van der Waals surface area contributed by atoms with E-state index < -0.39 is 0 Å². The van der Waals surface area contributed by atoms with Crippen LogP contribution in [0, 0.1) is 6.92 Å². The van der Waals surface area contributed by atoms with Gasteiger partial charge in [0.1, 0.15) is 17.3 Å². The Bertz CT molecular complexity index is 536. The molecule has 2 N–H and O–H groups in total. The molecule has 3 heteroatoms. The number of nitrogen functional groups attached to an aromatic ring is 1. The number of anilines is 1. The first-order chi connectivity index (χ1) is 8.54. The minimum Gasteiger partial charge on any atom is -0.383 e. The Labute approximate surface area is 109 Å². The van der Waals surface area contributed by atoms with Crippen LogP contribution in [0.5, 0.6) is 0 Å². The molecule has 0 atom stereocenters. The fraction of sp³-hybridized carbons (Fsp3) is 0.400. The fourth-order valence-corrected chi connectivity index (χ4v) is 2.18. The highest BCUT2D eigenvalue weighted by Gasteiger charge is 2.16. The van der Waals surface area contributed by atoms with Crippen molar-refractivity contribution in [2.45, 2.75) is 40.2 Å². The summed E-state index contributed by atoms with van der Waals surface area (Å²) >= 11 is 0. The molecule has 0 unspecified atom stereocenters. The average molecular weight is 243 g/mol. The lowest BCUT2D eigenvalue weighted by Gasteiger charge is -2.08. The molecule has 0 amide bonds. The van der Waals surface area contributed by atoms with Gasteiger partial charge in [0.15, 0.2) is 0 Å². The van der Waals surface area contributed by atoms with Crippen LogP contribution in [0.15, 0.2) is 24.3 Å². The molecule has 3 nitrogen and oxygen atoms in total. The Hall–Kier alpha value is -1.77. The monoisotopic (exact) mass is 243 g/mol. The van der Waals surface area contributed by atoms with Gasteiger partial charge in [-0.1, -0.05) is 43.7 Å². The molecule has 2 rings (SSSR count). The molecular weight excluding hydrogens is 222 g/mol. The minimum atomic E-state index is 0.381. The molecule has 0 radical (unpaired) electrons. The molecule has 0 aliphatic heterocycles. The van der Waals surface area contributed by atoms with Gasteiger partial charge >= 0.3 is 0 Å². The van der Waals surface area contributed by atoms with Gasteiger partial charge in [0.2, 0.25) is 0 Å². The molecule has 2 aromatic rings. The van der Waals surface area contributed by atoms with Crippen molar-refractivity contribution >= 4 is 5.82 Å². The highest BCUT2D eigenvalue weighted by molar-refractivity contribution is 5.71. The molecule has 1 heterocycles. The highest BCUT2D eigenvalue weighted by atomic mass is 15.1. The smallest absolute Gasteiger partial charge is 0.131 e. The number of nitrogens with two attached hydrogens (primary N) is 1. The summed E-state index contributed by atoms with van der Waals surface area (Å²) in [7, 11) is 0. The van der Waals surface area contributed by atoms with Crippen molar-refractivity contribution in [3.8, 4) is 11.3 Å². The molecule has 0 fully saturated rings. The topological polar surface area (TPSA) is 43.8 Å². The number of rotatable bonds is 3. The van der Waals surface area contributed by atoms with E-state index in [1.165, 1.54) is 5.56 Å². The van der Waals surface area contributed by atoms with Crippen LogP contribution in [0.25, 0.3) is 11.3 Å². The van der Waals surface area contributed by atoms with Crippen LogP contribution in [0.3, 0.4) is 0 Å². The quantitative estimate of drug-likeness (QED) is 0.895. The zero-order chi connectivity index (χ0) is 13.3. The number of hydrogen-bond acceptors (Lipinski definition) is 2. The summed E-state index contributed by atoms with van der Waals surface area (Å²) < 4.78 is 2.10. The van der Waals surface area contributed by atoms with E-state index in [9.17, 15) is 0 Å². The number of aromatic nitrogens is 2. The van der Waals surface area contributed by atoms with E-state index in [0.29, 0.717) is 5.92 Å². The first-order valence-electron chi connectivity index (χ1n) is 6.47. The van der Waals surface area contributed by atoms with Gasteiger partial charge in [-0.15, -0.1) is 0 Å². The summed E-state index contributed by atoms with van der Waals surface area (Å²) in [5, 5.41) is 0. The van der Waals surface area contributed by atoms with Crippen molar-refractivity contribution in [3.05, 3.63) is 35.7 Å². The summed E-state index contributed by atoms with van der Waals surface area (Å²) in [4.78, 5) is 4.72. The predicted molar refractivity (Wildman–Crippen MR) is 76.6 cm³/mol. The third-order valence-electron chi connectivity index (χ3n) is 3.19. The van der Waals surface area contributed by atoms with E-state index in [-0.39, 0.29) is 0 Å². The van der Waals surface area contributed by atoms with Gasteiger partial charge in [0, 0.05) is 18.0 Å². The second-order valence-electron chi connectivity index (χ2n) is 4.97. The molecule has 0 bridgehead atoms. The van der Waals surface area contributed by atoms with E-state index in [4.69, 9.17) is 10.7 Å². The van der Waals surface area contributed by atoms with Gasteiger partial charge in [-0.05, 0) is 13.8 Å². The van der Waals surface area contributed by atoms with Gasteiger partial charge in [0.05, 0.1) is 0 Å². The lowest BCUT2D eigenvalue weighted by molar-refractivity contribution is 0.658. The minimum absolute atomic E-state index is 0.381. The van der Waals surface area contributed by atoms with Crippen LogP contribution in [-0.4, -0.2) is 9.55 Å². The standard InChI is InChI=1S/C15H21N3/c1-5-18-14(16)13(17-15(18)10(2)3)12-8-6-11(4)7-9-12/h6-10H,5,16H2,1-4H3. The Morgan fingerprint density at radius 1 is 1.22 bits per heavy atom. The van der Waals surface area contributed by atoms with Crippen molar-refractivity contribution in [1.29, 1.82) is 0 Å². The van der Waals surface area contributed by atoms with Gasteiger partial charge in [0.25, 0.3) is 0 Å². The Balaban J connectivity index is 2.55. The lowest BCUT2D eigenvalue weighted by atomic mass is 10.1. The molecular formula is C15H21N3.